The van der Waals surface area contributed by atoms with Crippen molar-refractivity contribution in [3.8, 4) is 0 Å². The Balaban J connectivity index is 3.25. The van der Waals surface area contributed by atoms with Crippen LogP contribution in [0.3, 0.4) is 0 Å². The Morgan fingerprint density at radius 3 is 2.25 bits per heavy atom. The molecule has 2 atom stereocenters. The van der Waals surface area contributed by atoms with Crippen LogP contribution < -0.4 is 10.6 Å². The van der Waals surface area contributed by atoms with E-state index in [0.717, 1.165) is 12.0 Å². The Kier molecular flexibility index (Phi) is 13.3. The number of hydrogen-bond donors (Lipinski definition) is 4. The minimum Gasteiger partial charge on any atom is -0.466 e. The zero-order valence-corrected chi connectivity index (χ0v) is 22.6. The van der Waals surface area contributed by atoms with Gasteiger partial charge in [-0.05, 0) is 45.2 Å². The van der Waals surface area contributed by atoms with E-state index in [1.807, 2.05) is 19.1 Å². The molecule has 0 spiro atoms. The SMILES string of the molecule is CCOC(=O)CCNC(=O)C(c1ccc(CC)cc1)N(CCO)C(=O)C(CS)NC(=O)OC(C)(C)C. The molecule has 3 N–H and O–H groups in total. The van der Waals surface area contributed by atoms with E-state index >= 15 is 0 Å². The van der Waals surface area contributed by atoms with Gasteiger partial charge in [-0.15, -0.1) is 0 Å². The molecule has 0 bridgehead atoms. The zero-order valence-electron chi connectivity index (χ0n) is 21.7. The molecule has 3 amide bonds. The zero-order chi connectivity index (χ0) is 27.3. The fourth-order valence-corrected chi connectivity index (χ4v) is 3.58. The van der Waals surface area contributed by atoms with Crippen molar-refractivity contribution >= 4 is 36.5 Å². The Morgan fingerprint density at radius 1 is 1.11 bits per heavy atom. The second-order valence-corrected chi connectivity index (χ2v) is 9.35. The van der Waals surface area contributed by atoms with Crippen LogP contribution in [0.1, 0.15) is 58.2 Å². The standard InChI is InChI=1S/C25H39N3O7S/c1-6-17-8-10-18(11-9-17)21(22(31)26-13-12-20(30)34-7-2)28(14-15-29)23(32)19(16-36)27-24(33)35-25(3,4)5/h8-11,19,21,29,36H,6-7,12-16H2,1-5H3,(H,26,31)(H,27,33). The molecule has 36 heavy (non-hydrogen) atoms. The monoisotopic (exact) mass is 525 g/mol. The van der Waals surface area contributed by atoms with Crippen LogP contribution in [-0.2, 0) is 30.3 Å². The number of alkyl carbamates (subject to hydrolysis) is 1. The van der Waals surface area contributed by atoms with Crippen molar-refractivity contribution in [3.05, 3.63) is 35.4 Å². The summed E-state index contributed by atoms with van der Waals surface area (Å²) >= 11 is 4.20. The van der Waals surface area contributed by atoms with Crippen LogP contribution in [0.4, 0.5) is 4.79 Å². The number of rotatable bonds is 13. The third-order valence-electron chi connectivity index (χ3n) is 4.99. The number of aliphatic hydroxyl groups excluding tert-OH is 1. The van der Waals surface area contributed by atoms with Gasteiger partial charge in [-0.3, -0.25) is 14.4 Å². The highest BCUT2D eigenvalue weighted by molar-refractivity contribution is 7.80. The van der Waals surface area contributed by atoms with E-state index in [2.05, 4.69) is 23.3 Å². The molecule has 11 heteroatoms. The normalized spacial score (nSPS) is 12.8. The molecule has 202 valence electrons. The van der Waals surface area contributed by atoms with Gasteiger partial charge in [-0.1, -0.05) is 31.2 Å². The topological polar surface area (TPSA) is 134 Å². The van der Waals surface area contributed by atoms with Crippen molar-refractivity contribution in [1.82, 2.24) is 15.5 Å². The van der Waals surface area contributed by atoms with Crippen LogP contribution in [0.25, 0.3) is 0 Å². The third-order valence-corrected chi connectivity index (χ3v) is 5.36. The summed E-state index contributed by atoms with van der Waals surface area (Å²) in [6.07, 6.45) is -0.0481. The van der Waals surface area contributed by atoms with Crippen LogP contribution in [-0.4, -0.2) is 77.6 Å². The lowest BCUT2D eigenvalue weighted by atomic mass is 10.0. The number of aliphatic hydroxyl groups is 1. The molecular weight excluding hydrogens is 486 g/mol. The maximum absolute atomic E-state index is 13.5. The van der Waals surface area contributed by atoms with E-state index < -0.39 is 48.2 Å². The van der Waals surface area contributed by atoms with E-state index in [4.69, 9.17) is 9.47 Å². The first kappa shape index (κ1) is 31.2. The number of esters is 1. The van der Waals surface area contributed by atoms with E-state index in [-0.39, 0.29) is 31.9 Å². The molecule has 10 nitrogen and oxygen atoms in total. The van der Waals surface area contributed by atoms with Gasteiger partial charge in [0.1, 0.15) is 17.7 Å². The van der Waals surface area contributed by atoms with Crippen molar-refractivity contribution in [3.63, 3.8) is 0 Å². The summed E-state index contributed by atoms with van der Waals surface area (Å²) in [5, 5.41) is 14.9. The minimum atomic E-state index is -1.12. The van der Waals surface area contributed by atoms with Gasteiger partial charge < -0.3 is 30.1 Å². The van der Waals surface area contributed by atoms with Gasteiger partial charge in [0.05, 0.1) is 19.6 Å². The highest BCUT2D eigenvalue weighted by Gasteiger charge is 2.35. The molecule has 2 unspecified atom stereocenters. The number of carbonyl (C=O) groups is 4. The average Bonchev–Trinajstić information content (AvgIpc) is 2.81. The fraction of sp³-hybridized carbons (Fsp3) is 0.600. The summed E-state index contributed by atoms with van der Waals surface area (Å²) in [7, 11) is 0. The first-order valence-electron chi connectivity index (χ1n) is 12.0. The van der Waals surface area contributed by atoms with Gasteiger partial charge in [0, 0.05) is 18.8 Å². The molecule has 0 aliphatic carbocycles. The molecule has 0 saturated carbocycles. The molecular formula is C25H39N3O7S. The predicted octanol–water partition coefficient (Wildman–Crippen LogP) is 2.00. The minimum absolute atomic E-state index is 0.00845. The molecule has 0 fully saturated rings. The Hall–Kier alpha value is -2.79. The number of nitrogens with zero attached hydrogens (tertiary/aromatic N) is 1. The second-order valence-electron chi connectivity index (χ2n) is 8.98. The average molecular weight is 526 g/mol. The molecule has 0 aromatic heterocycles. The quantitative estimate of drug-likeness (QED) is 0.229. The van der Waals surface area contributed by atoms with E-state index in [9.17, 15) is 24.3 Å². The van der Waals surface area contributed by atoms with Crippen LogP contribution in [0.2, 0.25) is 0 Å². The first-order valence-corrected chi connectivity index (χ1v) is 12.6. The lowest BCUT2D eigenvalue weighted by Crippen LogP contribution is -2.54. The highest BCUT2D eigenvalue weighted by atomic mass is 32.1. The summed E-state index contributed by atoms with van der Waals surface area (Å²) in [6, 6.07) is 4.95. The maximum Gasteiger partial charge on any atom is 0.408 e. The van der Waals surface area contributed by atoms with Gasteiger partial charge in [-0.2, -0.15) is 12.6 Å². The number of benzene rings is 1. The second kappa shape index (κ2) is 15.4. The Bertz CT molecular complexity index is 871. The summed E-state index contributed by atoms with van der Waals surface area (Å²) in [6.45, 7) is 8.41. The van der Waals surface area contributed by atoms with E-state index in [1.165, 1.54) is 4.90 Å². The number of nitrogens with one attached hydrogen (secondary N) is 2. The Morgan fingerprint density at radius 2 is 1.75 bits per heavy atom. The van der Waals surface area contributed by atoms with Crippen molar-refractivity contribution < 1.29 is 33.8 Å². The largest absolute Gasteiger partial charge is 0.466 e. The van der Waals surface area contributed by atoms with Gasteiger partial charge in [0.25, 0.3) is 0 Å². The van der Waals surface area contributed by atoms with Crippen molar-refractivity contribution in [1.29, 1.82) is 0 Å². The number of aryl methyl sites for hydroxylation is 1. The van der Waals surface area contributed by atoms with E-state index in [1.54, 1.807) is 39.8 Å². The molecule has 0 aliphatic heterocycles. The smallest absolute Gasteiger partial charge is 0.408 e. The number of hydrogen-bond acceptors (Lipinski definition) is 8. The summed E-state index contributed by atoms with van der Waals surface area (Å²) in [4.78, 5) is 52.0. The van der Waals surface area contributed by atoms with Crippen molar-refractivity contribution in [2.45, 2.75) is 65.1 Å². The summed E-state index contributed by atoms with van der Waals surface area (Å²) in [5.74, 6) is -1.68. The number of amides is 3. The molecule has 1 aromatic rings. The van der Waals surface area contributed by atoms with Crippen LogP contribution in [0.5, 0.6) is 0 Å². The summed E-state index contributed by atoms with van der Waals surface area (Å²) in [5.41, 5.74) is 0.777. The van der Waals surface area contributed by atoms with Crippen LogP contribution in [0.15, 0.2) is 24.3 Å². The summed E-state index contributed by atoms with van der Waals surface area (Å²) < 4.78 is 10.1. The maximum atomic E-state index is 13.5. The lowest BCUT2D eigenvalue weighted by molar-refractivity contribution is -0.144. The molecule has 1 rings (SSSR count). The number of thiol groups is 1. The van der Waals surface area contributed by atoms with Gasteiger partial charge in [0.2, 0.25) is 11.8 Å². The third kappa shape index (κ3) is 10.4. The highest BCUT2D eigenvalue weighted by Crippen LogP contribution is 2.23. The molecule has 0 aliphatic rings. The van der Waals surface area contributed by atoms with Crippen molar-refractivity contribution in [2.75, 3.05) is 32.1 Å². The molecule has 0 heterocycles. The van der Waals surface area contributed by atoms with Crippen LogP contribution >= 0.6 is 12.6 Å². The lowest BCUT2D eigenvalue weighted by Gasteiger charge is -2.33. The fourth-order valence-electron chi connectivity index (χ4n) is 3.34. The Labute approximate surface area is 218 Å². The molecule has 0 saturated heterocycles. The van der Waals surface area contributed by atoms with Crippen LogP contribution in [0, 0.1) is 0 Å². The van der Waals surface area contributed by atoms with E-state index in [0.29, 0.717) is 5.56 Å². The van der Waals surface area contributed by atoms with Gasteiger partial charge in [-0.25, -0.2) is 4.79 Å². The molecule has 1 aromatic carbocycles. The predicted molar refractivity (Wildman–Crippen MR) is 139 cm³/mol. The first-order chi connectivity index (χ1) is 17.0. The van der Waals surface area contributed by atoms with Gasteiger partial charge >= 0.3 is 12.1 Å². The number of ether oxygens (including phenoxy) is 2. The molecule has 0 radical (unpaired) electrons. The van der Waals surface area contributed by atoms with Gasteiger partial charge in [0.15, 0.2) is 0 Å². The van der Waals surface area contributed by atoms with Crippen molar-refractivity contribution in [2.24, 2.45) is 0 Å². The number of carbonyl (C=O) groups excluding carboxylic acids is 4.